The molecule has 0 unspecified atom stereocenters. The standard InChI is InChI=1S/C16H17IN2O4/c1-22-14-7-10(6-13(17)15(14)20)5-11(8-18)16(21)19-9-12-3-2-4-23-12/h5-7,12,20H,2-4,9H2,1H3,(H,19,21)/b11-5+/t12-/m1/s1. The molecule has 0 saturated carbocycles. The van der Waals surface area contributed by atoms with Gasteiger partial charge in [-0.1, -0.05) is 0 Å². The maximum absolute atomic E-state index is 12.1. The average molecular weight is 428 g/mol. The number of nitriles is 1. The number of phenols is 1. The summed E-state index contributed by atoms with van der Waals surface area (Å²) in [5.74, 6) is -0.114. The molecule has 1 aromatic rings. The van der Waals surface area contributed by atoms with Crippen LogP contribution in [0.5, 0.6) is 11.5 Å². The van der Waals surface area contributed by atoms with Crippen LogP contribution < -0.4 is 10.1 Å². The Labute approximate surface area is 148 Å². The Morgan fingerprint density at radius 1 is 1.65 bits per heavy atom. The minimum atomic E-state index is -0.440. The smallest absolute Gasteiger partial charge is 0.262 e. The number of rotatable bonds is 5. The number of carbonyl (C=O) groups is 1. The van der Waals surface area contributed by atoms with Crippen molar-refractivity contribution >= 4 is 34.6 Å². The maximum atomic E-state index is 12.1. The van der Waals surface area contributed by atoms with Crippen LogP contribution in [0.25, 0.3) is 6.08 Å². The second-order valence-electron chi connectivity index (χ2n) is 5.07. The van der Waals surface area contributed by atoms with Crippen LogP contribution in [0, 0.1) is 14.9 Å². The van der Waals surface area contributed by atoms with Gasteiger partial charge in [-0.25, -0.2) is 0 Å². The van der Waals surface area contributed by atoms with E-state index in [-0.39, 0.29) is 17.4 Å². The fraction of sp³-hybridized carbons (Fsp3) is 0.375. The Kier molecular flexibility index (Phi) is 6.24. The summed E-state index contributed by atoms with van der Waals surface area (Å²) in [6, 6.07) is 5.14. The number of carbonyl (C=O) groups excluding carboxylic acids is 1. The SMILES string of the molecule is COc1cc(/C=C(\C#N)C(=O)NC[C@H]2CCCO2)cc(I)c1O. The van der Waals surface area contributed by atoms with Crippen LogP contribution in [0.15, 0.2) is 17.7 Å². The molecule has 1 aliphatic heterocycles. The molecule has 0 bridgehead atoms. The molecule has 7 heteroatoms. The predicted molar refractivity (Wildman–Crippen MR) is 92.9 cm³/mol. The number of nitrogens with one attached hydrogen (secondary N) is 1. The van der Waals surface area contributed by atoms with Gasteiger partial charge in [-0.3, -0.25) is 4.79 Å². The molecule has 6 nitrogen and oxygen atoms in total. The van der Waals surface area contributed by atoms with E-state index in [1.807, 2.05) is 28.7 Å². The van der Waals surface area contributed by atoms with E-state index >= 15 is 0 Å². The van der Waals surface area contributed by atoms with E-state index in [1.54, 1.807) is 12.1 Å². The summed E-state index contributed by atoms with van der Waals surface area (Å²) >= 11 is 1.96. The van der Waals surface area contributed by atoms with E-state index in [0.717, 1.165) is 12.8 Å². The first kappa shape index (κ1) is 17.6. The zero-order valence-electron chi connectivity index (χ0n) is 12.6. The van der Waals surface area contributed by atoms with Crippen molar-refractivity contribution in [2.45, 2.75) is 18.9 Å². The van der Waals surface area contributed by atoms with Gasteiger partial charge in [0.25, 0.3) is 5.91 Å². The monoisotopic (exact) mass is 428 g/mol. The summed E-state index contributed by atoms with van der Waals surface area (Å²) in [6.45, 7) is 1.11. The van der Waals surface area contributed by atoms with Crippen LogP contribution in [0.4, 0.5) is 0 Å². The third-order valence-corrected chi connectivity index (χ3v) is 4.28. The molecule has 1 amide bonds. The number of aromatic hydroxyl groups is 1. The van der Waals surface area contributed by atoms with Gasteiger partial charge in [0.1, 0.15) is 11.6 Å². The van der Waals surface area contributed by atoms with Crippen LogP contribution in [-0.2, 0) is 9.53 Å². The van der Waals surface area contributed by atoms with Crippen LogP contribution in [-0.4, -0.2) is 37.4 Å². The summed E-state index contributed by atoms with van der Waals surface area (Å²) in [5, 5.41) is 21.7. The molecule has 23 heavy (non-hydrogen) atoms. The third-order valence-electron chi connectivity index (χ3n) is 3.46. The molecule has 1 heterocycles. The average Bonchev–Trinajstić information content (AvgIpc) is 3.06. The van der Waals surface area contributed by atoms with Crippen LogP contribution in [0.1, 0.15) is 18.4 Å². The molecule has 2 rings (SSSR count). The fourth-order valence-corrected chi connectivity index (χ4v) is 2.88. The van der Waals surface area contributed by atoms with Crippen molar-refractivity contribution in [2.24, 2.45) is 0 Å². The van der Waals surface area contributed by atoms with Gasteiger partial charge in [0, 0.05) is 13.2 Å². The Bertz CT molecular complexity index is 661. The number of benzene rings is 1. The van der Waals surface area contributed by atoms with Crippen molar-refractivity contribution in [1.82, 2.24) is 5.32 Å². The zero-order valence-corrected chi connectivity index (χ0v) is 14.8. The minimum Gasteiger partial charge on any atom is -0.504 e. The van der Waals surface area contributed by atoms with Crippen molar-refractivity contribution in [3.8, 4) is 17.6 Å². The second kappa shape index (κ2) is 8.17. The number of hydrogen-bond acceptors (Lipinski definition) is 5. The van der Waals surface area contributed by atoms with Gasteiger partial charge >= 0.3 is 0 Å². The van der Waals surface area contributed by atoms with Crippen molar-refractivity contribution in [1.29, 1.82) is 5.26 Å². The number of nitrogens with zero attached hydrogens (tertiary/aromatic N) is 1. The molecule has 0 aromatic heterocycles. The molecular weight excluding hydrogens is 411 g/mol. The Morgan fingerprint density at radius 3 is 3.04 bits per heavy atom. The number of halogens is 1. The van der Waals surface area contributed by atoms with Crippen molar-refractivity contribution in [2.75, 3.05) is 20.3 Å². The molecule has 2 N–H and O–H groups in total. The van der Waals surface area contributed by atoms with E-state index in [1.165, 1.54) is 13.2 Å². The molecule has 1 fully saturated rings. The Balaban J connectivity index is 2.13. The molecule has 122 valence electrons. The van der Waals surface area contributed by atoms with E-state index in [0.29, 0.717) is 28.0 Å². The molecular formula is C16H17IN2O4. The molecule has 1 aliphatic rings. The first-order chi connectivity index (χ1) is 11.0. The van der Waals surface area contributed by atoms with Gasteiger partial charge in [-0.2, -0.15) is 5.26 Å². The predicted octanol–water partition coefficient (Wildman–Crippen LogP) is 2.21. The topological polar surface area (TPSA) is 91.6 Å². The van der Waals surface area contributed by atoms with Gasteiger partial charge in [0.05, 0.1) is 16.8 Å². The zero-order chi connectivity index (χ0) is 16.8. The highest BCUT2D eigenvalue weighted by Gasteiger charge is 2.18. The van der Waals surface area contributed by atoms with Gasteiger partial charge in [-0.05, 0) is 59.2 Å². The van der Waals surface area contributed by atoms with Crippen LogP contribution >= 0.6 is 22.6 Å². The number of methoxy groups -OCH3 is 1. The lowest BCUT2D eigenvalue weighted by Crippen LogP contribution is -2.32. The second-order valence-corrected chi connectivity index (χ2v) is 6.23. The van der Waals surface area contributed by atoms with Gasteiger partial charge in [0.15, 0.2) is 11.5 Å². The first-order valence-corrected chi connectivity index (χ1v) is 8.21. The van der Waals surface area contributed by atoms with Gasteiger partial charge in [-0.15, -0.1) is 0 Å². The van der Waals surface area contributed by atoms with Crippen molar-refractivity contribution < 1.29 is 19.4 Å². The molecule has 0 aliphatic carbocycles. The Hall–Kier alpha value is -1.79. The first-order valence-electron chi connectivity index (χ1n) is 7.13. The highest BCUT2D eigenvalue weighted by Crippen LogP contribution is 2.33. The number of ether oxygens (including phenoxy) is 2. The molecule has 0 spiro atoms. The largest absolute Gasteiger partial charge is 0.504 e. The van der Waals surface area contributed by atoms with Crippen molar-refractivity contribution in [3.63, 3.8) is 0 Å². The summed E-state index contributed by atoms with van der Waals surface area (Å²) < 4.78 is 11.1. The highest BCUT2D eigenvalue weighted by atomic mass is 127. The molecule has 1 atom stereocenters. The highest BCUT2D eigenvalue weighted by molar-refractivity contribution is 14.1. The van der Waals surface area contributed by atoms with E-state index < -0.39 is 5.91 Å². The lowest BCUT2D eigenvalue weighted by Gasteiger charge is -2.10. The van der Waals surface area contributed by atoms with Crippen molar-refractivity contribution in [3.05, 3.63) is 26.8 Å². The lowest BCUT2D eigenvalue weighted by molar-refractivity contribution is -0.117. The minimum absolute atomic E-state index is 0.00783. The molecule has 1 saturated heterocycles. The quantitative estimate of drug-likeness (QED) is 0.427. The Morgan fingerprint density at radius 2 is 2.43 bits per heavy atom. The molecule has 1 aromatic carbocycles. The summed E-state index contributed by atoms with van der Waals surface area (Å²) in [4.78, 5) is 12.1. The third kappa shape index (κ3) is 4.59. The van der Waals surface area contributed by atoms with E-state index in [2.05, 4.69) is 5.32 Å². The van der Waals surface area contributed by atoms with E-state index in [4.69, 9.17) is 9.47 Å². The summed E-state index contributed by atoms with van der Waals surface area (Å²) in [6.07, 6.45) is 3.40. The van der Waals surface area contributed by atoms with Gasteiger partial charge < -0.3 is 19.9 Å². The number of phenolic OH excluding ortho intramolecular Hbond substituents is 1. The van der Waals surface area contributed by atoms with E-state index in [9.17, 15) is 15.2 Å². The summed E-state index contributed by atoms with van der Waals surface area (Å²) in [7, 11) is 1.44. The maximum Gasteiger partial charge on any atom is 0.262 e. The van der Waals surface area contributed by atoms with Crippen LogP contribution in [0.3, 0.4) is 0 Å². The van der Waals surface area contributed by atoms with Crippen LogP contribution in [0.2, 0.25) is 0 Å². The number of hydrogen-bond donors (Lipinski definition) is 2. The number of amides is 1. The lowest BCUT2D eigenvalue weighted by atomic mass is 10.1. The normalized spacial score (nSPS) is 17.6. The fourth-order valence-electron chi connectivity index (χ4n) is 2.26. The van der Waals surface area contributed by atoms with Gasteiger partial charge in [0.2, 0.25) is 0 Å². The summed E-state index contributed by atoms with van der Waals surface area (Å²) in [5.41, 5.74) is 0.597. The molecule has 0 radical (unpaired) electrons.